The molecule has 2 aliphatic rings. The molecule has 2 aliphatic heterocycles. The Morgan fingerprint density at radius 3 is 1.29 bits per heavy atom. The minimum Gasteiger partial charge on any atom is -0.497 e. The van der Waals surface area contributed by atoms with Gasteiger partial charge in [0.1, 0.15) is 28.5 Å². The summed E-state index contributed by atoms with van der Waals surface area (Å²) in [6.07, 6.45) is 1.82. The Morgan fingerprint density at radius 1 is 0.446 bits per heavy atom. The summed E-state index contributed by atoms with van der Waals surface area (Å²) in [5, 5.41) is 5.35. The van der Waals surface area contributed by atoms with Crippen LogP contribution >= 0.6 is 23.2 Å². The van der Waals surface area contributed by atoms with Crippen LogP contribution in [0, 0.1) is 0 Å². The molecule has 0 radical (unpaired) electrons. The highest BCUT2D eigenvalue weighted by Gasteiger charge is 2.64. The molecule has 0 fully saturated rings. The van der Waals surface area contributed by atoms with E-state index in [4.69, 9.17) is 57.1 Å². The van der Waals surface area contributed by atoms with Gasteiger partial charge in [-0.3, -0.25) is 15.3 Å². The molecular weight excluding hydrogens is 743 g/mol. The topological polar surface area (TPSA) is 86.0 Å². The molecule has 6 aromatic rings. The second kappa shape index (κ2) is 15.0. The summed E-state index contributed by atoms with van der Waals surface area (Å²) >= 11 is 13.2. The summed E-state index contributed by atoms with van der Waals surface area (Å²) in [7, 11) is 6.61. The molecule has 280 valence electrons. The van der Waals surface area contributed by atoms with Crippen LogP contribution in [0.5, 0.6) is 23.0 Å². The van der Waals surface area contributed by atoms with E-state index in [2.05, 4.69) is 29.6 Å². The van der Waals surface area contributed by atoms with E-state index in [-0.39, 0.29) is 0 Å². The van der Waals surface area contributed by atoms with Gasteiger partial charge in [-0.25, -0.2) is 4.99 Å². The maximum atomic E-state index is 6.60. The van der Waals surface area contributed by atoms with Gasteiger partial charge in [-0.05, 0) is 119 Å². The smallest absolute Gasteiger partial charge is 0.218 e. The number of aliphatic imine (C=N–C) groups is 3. The maximum Gasteiger partial charge on any atom is 0.218 e. The van der Waals surface area contributed by atoms with E-state index < -0.39 is 16.9 Å². The zero-order valence-electron chi connectivity index (χ0n) is 31.2. The minimum absolute atomic E-state index is 0.579. The SMILES string of the molecule is COc1ccc(C2=NC(c3ccc(Cl)cc3)(C3(c4ccc(Cl)cc4)N=C(c4ccc(OC)cc4)C(c4ccc(OC)cc4)(c4ccc(OC)cc4)N3)N=C2)cc1. The van der Waals surface area contributed by atoms with Gasteiger partial charge in [0.25, 0.3) is 0 Å². The lowest BCUT2D eigenvalue weighted by Gasteiger charge is -2.44. The summed E-state index contributed by atoms with van der Waals surface area (Å²) in [6.45, 7) is 0. The second-order valence-corrected chi connectivity index (χ2v) is 14.3. The molecule has 0 saturated carbocycles. The van der Waals surface area contributed by atoms with Crippen molar-refractivity contribution < 1.29 is 18.9 Å². The molecule has 8 nitrogen and oxygen atoms in total. The zero-order chi connectivity index (χ0) is 38.9. The van der Waals surface area contributed by atoms with Crippen LogP contribution in [0.25, 0.3) is 0 Å². The quantitative estimate of drug-likeness (QED) is 0.142. The predicted molar refractivity (Wildman–Crippen MR) is 224 cm³/mol. The Balaban J connectivity index is 1.50. The number of benzene rings is 6. The molecule has 6 aromatic carbocycles. The maximum absolute atomic E-state index is 6.60. The fraction of sp³-hybridized carbons (Fsp3) is 0.152. The van der Waals surface area contributed by atoms with Gasteiger partial charge in [0.15, 0.2) is 5.66 Å². The first-order valence-corrected chi connectivity index (χ1v) is 18.7. The molecule has 2 atom stereocenters. The number of nitrogens with zero attached hydrogens (tertiary/aromatic N) is 3. The van der Waals surface area contributed by atoms with E-state index in [1.54, 1.807) is 28.4 Å². The first-order chi connectivity index (χ1) is 27.3. The van der Waals surface area contributed by atoms with Gasteiger partial charge in [0, 0.05) is 21.2 Å². The molecule has 10 heteroatoms. The highest BCUT2D eigenvalue weighted by molar-refractivity contribution is 6.39. The molecule has 56 heavy (non-hydrogen) atoms. The summed E-state index contributed by atoms with van der Waals surface area (Å²) in [4.78, 5) is 17.0. The molecule has 8 rings (SSSR count). The summed E-state index contributed by atoms with van der Waals surface area (Å²) in [5.41, 5.74) is 2.53. The predicted octanol–water partition coefficient (Wildman–Crippen LogP) is 9.64. The van der Waals surface area contributed by atoms with Crippen molar-refractivity contribution in [1.29, 1.82) is 0 Å². The molecule has 0 aromatic heterocycles. The molecule has 0 aliphatic carbocycles. The van der Waals surface area contributed by atoms with Crippen LogP contribution < -0.4 is 24.3 Å². The minimum atomic E-state index is -1.42. The van der Waals surface area contributed by atoms with Crippen LogP contribution in [0.2, 0.25) is 10.0 Å². The largest absolute Gasteiger partial charge is 0.497 e. The van der Waals surface area contributed by atoms with Gasteiger partial charge in [0.2, 0.25) is 5.66 Å². The Hall–Kier alpha value is -5.93. The van der Waals surface area contributed by atoms with E-state index in [1.807, 2.05) is 128 Å². The lowest BCUT2D eigenvalue weighted by Crippen LogP contribution is -2.59. The lowest BCUT2D eigenvalue weighted by molar-refractivity contribution is 0.180. The number of hydrogen-bond donors (Lipinski definition) is 1. The Bertz CT molecular complexity index is 2390. The molecule has 0 spiro atoms. The molecule has 2 unspecified atom stereocenters. The standard InChI is InChI=1S/C46H38Cl2N4O4/c1-53-38-21-5-30(6-22-38)42-29-49-45(50-42,34-9-17-36(47)18-10-34)46(35-11-19-37(48)20-12-35)51-43(31-7-23-39(54-2)24-8-31)44(52-46,32-13-25-40(55-3)26-14-32)33-15-27-41(56-4)28-16-33/h5-29,52H,1-4H3. The average Bonchev–Trinajstić information content (AvgIpc) is 3.88. The third kappa shape index (κ3) is 6.20. The summed E-state index contributed by atoms with van der Waals surface area (Å²) < 4.78 is 22.4. The zero-order valence-corrected chi connectivity index (χ0v) is 32.7. The van der Waals surface area contributed by atoms with Gasteiger partial charge < -0.3 is 18.9 Å². The van der Waals surface area contributed by atoms with Crippen molar-refractivity contribution in [2.24, 2.45) is 15.0 Å². The third-order valence-corrected chi connectivity index (χ3v) is 11.0. The summed E-state index contributed by atoms with van der Waals surface area (Å²) in [5.74, 6) is 2.89. The van der Waals surface area contributed by atoms with Crippen molar-refractivity contribution in [3.63, 3.8) is 0 Å². The van der Waals surface area contributed by atoms with E-state index >= 15 is 0 Å². The van der Waals surface area contributed by atoms with Gasteiger partial charge in [0.05, 0.1) is 46.1 Å². The van der Waals surface area contributed by atoms with E-state index in [1.165, 1.54) is 0 Å². The van der Waals surface area contributed by atoms with Crippen LogP contribution in [0.4, 0.5) is 0 Å². The second-order valence-electron chi connectivity index (χ2n) is 13.4. The van der Waals surface area contributed by atoms with Gasteiger partial charge in [-0.2, -0.15) is 0 Å². The Morgan fingerprint density at radius 2 is 0.839 bits per heavy atom. The molecule has 0 amide bonds. The number of nitrogens with one attached hydrogen (secondary N) is 1. The number of hydrogen-bond acceptors (Lipinski definition) is 8. The van der Waals surface area contributed by atoms with Crippen LogP contribution in [-0.2, 0) is 16.9 Å². The normalized spacial score (nSPS) is 19.6. The van der Waals surface area contributed by atoms with E-state index in [0.717, 1.165) is 62.1 Å². The number of ether oxygens (including phenoxy) is 4. The highest BCUT2D eigenvalue weighted by Crippen LogP contribution is 2.56. The monoisotopic (exact) mass is 780 g/mol. The van der Waals surface area contributed by atoms with Crippen molar-refractivity contribution in [2.75, 3.05) is 28.4 Å². The van der Waals surface area contributed by atoms with Gasteiger partial charge in [-0.1, -0.05) is 71.7 Å². The highest BCUT2D eigenvalue weighted by atomic mass is 35.5. The lowest BCUT2D eigenvalue weighted by atomic mass is 9.75. The number of halogens is 2. The van der Waals surface area contributed by atoms with Gasteiger partial charge in [-0.15, -0.1) is 0 Å². The van der Waals surface area contributed by atoms with Crippen molar-refractivity contribution in [3.05, 3.63) is 189 Å². The number of methoxy groups -OCH3 is 4. The van der Waals surface area contributed by atoms with Crippen molar-refractivity contribution >= 4 is 40.8 Å². The molecule has 2 heterocycles. The van der Waals surface area contributed by atoms with Crippen LogP contribution in [0.3, 0.4) is 0 Å². The van der Waals surface area contributed by atoms with Crippen molar-refractivity contribution in [2.45, 2.75) is 16.9 Å². The van der Waals surface area contributed by atoms with E-state index in [0.29, 0.717) is 15.8 Å². The molecule has 1 N–H and O–H groups in total. The first kappa shape index (κ1) is 37.0. The third-order valence-electron chi connectivity index (χ3n) is 10.5. The van der Waals surface area contributed by atoms with E-state index in [9.17, 15) is 0 Å². The fourth-order valence-corrected chi connectivity index (χ4v) is 7.84. The summed E-state index contributed by atoms with van der Waals surface area (Å²) in [6, 6.07) is 47.1. The molecule has 0 bridgehead atoms. The average molecular weight is 782 g/mol. The Labute approximate surface area is 336 Å². The van der Waals surface area contributed by atoms with Crippen molar-refractivity contribution in [3.8, 4) is 23.0 Å². The Kier molecular flexibility index (Phi) is 9.89. The van der Waals surface area contributed by atoms with Crippen molar-refractivity contribution in [1.82, 2.24) is 5.32 Å². The van der Waals surface area contributed by atoms with Crippen LogP contribution in [0.1, 0.15) is 33.4 Å². The van der Waals surface area contributed by atoms with Crippen LogP contribution in [-0.4, -0.2) is 46.1 Å². The van der Waals surface area contributed by atoms with Crippen LogP contribution in [0.15, 0.2) is 161 Å². The van der Waals surface area contributed by atoms with Gasteiger partial charge >= 0.3 is 0 Å². The fourth-order valence-electron chi connectivity index (χ4n) is 7.59. The molecule has 0 saturated heterocycles. The first-order valence-electron chi connectivity index (χ1n) is 17.9. The number of rotatable bonds is 11. The molecular formula is C46H38Cl2N4O4.